The molecule has 36 heavy (non-hydrogen) atoms. The van der Waals surface area contributed by atoms with E-state index in [1.807, 2.05) is 31.0 Å². The molecule has 3 heterocycles. The van der Waals surface area contributed by atoms with E-state index in [-0.39, 0.29) is 22.7 Å². The number of hydrogen-bond acceptors (Lipinski definition) is 6. The monoisotopic (exact) mass is 507 g/mol. The molecule has 1 atom stereocenters. The summed E-state index contributed by atoms with van der Waals surface area (Å²) in [5.74, 6) is 0.345. The SMILES string of the molecule is C[C@H](NC(=O)C1(C)CN(c2ncnn3cc(-c4ccc(S(C)(=O)=O)cc4)cc23)C1)c1ccc(F)cc1. The highest BCUT2D eigenvalue weighted by Crippen LogP contribution is 2.37. The average molecular weight is 508 g/mol. The molecule has 1 N–H and O–H groups in total. The molecular formula is C26H26FN5O3S. The minimum Gasteiger partial charge on any atom is -0.352 e. The third kappa shape index (κ3) is 4.44. The van der Waals surface area contributed by atoms with E-state index >= 15 is 0 Å². The van der Waals surface area contributed by atoms with Crippen LogP contribution >= 0.6 is 0 Å². The minimum atomic E-state index is -3.27. The summed E-state index contributed by atoms with van der Waals surface area (Å²) in [6.07, 6.45) is 4.53. The fourth-order valence-electron chi connectivity index (χ4n) is 4.51. The van der Waals surface area contributed by atoms with E-state index in [1.54, 1.807) is 40.9 Å². The van der Waals surface area contributed by atoms with Crippen molar-refractivity contribution in [2.24, 2.45) is 5.41 Å². The molecule has 10 heteroatoms. The number of nitrogens with zero attached hydrogens (tertiary/aromatic N) is 4. The molecule has 0 radical (unpaired) electrons. The van der Waals surface area contributed by atoms with Crippen LogP contribution in [0.25, 0.3) is 16.6 Å². The third-order valence-corrected chi connectivity index (χ3v) is 7.77. The fraction of sp³-hybridized carbons (Fsp3) is 0.269. The highest BCUT2D eigenvalue weighted by molar-refractivity contribution is 7.90. The molecule has 1 amide bonds. The van der Waals surface area contributed by atoms with Crippen LogP contribution in [0.4, 0.5) is 10.2 Å². The summed E-state index contributed by atoms with van der Waals surface area (Å²) in [6.45, 7) is 4.78. The van der Waals surface area contributed by atoms with E-state index in [0.717, 1.165) is 28.0 Å². The van der Waals surface area contributed by atoms with E-state index < -0.39 is 15.3 Å². The number of carbonyl (C=O) groups excluding carboxylic acids is 1. The summed E-state index contributed by atoms with van der Waals surface area (Å²) < 4.78 is 38.5. The number of halogens is 1. The van der Waals surface area contributed by atoms with Gasteiger partial charge in [0.1, 0.15) is 17.7 Å². The Morgan fingerprint density at radius 3 is 2.39 bits per heavy atom. The van der Waals surface area contributed by atoms with Gasteiger partial charge in [-0.05, 0) is 55.3 Å². The van der Waals surface area contributed by atoms with Crippen LogP contribution in [-0.4, -0.2) is 48.3 Å². The quantitative estimate of drug-likeness (QED) is 0.428. The molecule has 0 bridgehead atoms. The number of fused-ring (bicyclic) bond motifs is 1. The van der Waals surface area contributed by atoms with Crippen molar-refractivity contribution in [2.75, 3.05) is 24.2 Å². The molecular weight excluding hydrogens is 481 g/mol. The smallest absolute Gasteiger partial charge is 0.230 e. The molecule has 1 fully saturated rings. The molecule has 1 aliphatic rings. The lowest BCUT2D eigenvalue weighted by Crippen LogP contribution is -2.62. The van der Waals surface area contributed by atoms with Gasteiger partial charge in [-0.1, -0.05) is 24.3 Å². The van der Waals surface area contributed by atoms with Crippen molar-refractivity contribution in [3.63, 3.8) is 0 Å². The highest BCUT2D eigenvalue weighted by atomic mass is 32.2. The molecule has 4 aromatic rings. The van der Waals surface area contributed by atoms with Crippen molar-refractivity contribution < 1.29 is 17.6 Å². The zero-order valence-corrected chi connectivity index (χ0v) is 21.0. The Bertz CT molecular complexity index is 1540. The van der Waals surface area contributed by atoms with Gasteiger partial charge in [0.25, 0.3) is 0 Å². The van der Waals surface area contributed by atoms with Gasteiger partial charge in [-0.15, -0.1) is 0 Å². The van der Waals surface area contributed by atoms with Crippen LogP contribution in [0.15, 0.2) is 72.0 Å². The van der Waals surface area contributed by atoms with Crippen LogP contribution in [-0.2, 0) is 14.6 Å². The average Bonchev–Trinajstić information content (AvgIpc) is 3.26. The molecule has 0 spiro atoms. The van der Waals surface area contributed by atoms with E-state index in [1.165, 1.54) is 24.7 Å². The first kappa shape index (κ1) is 23.9. The summed E-state index contributed by atoms with van der Waals surface area (Å²) in [5, 5.41) is 7.35. The Balaban J connectivity index is 1.32. The van der Waals surface area contributed by atoms with Crippen LogP contribution in [0.5, 0.6) is 0 Å². The normalized spacial score (nSPS) is 15.9. The molecule has 0 saturated carbocycles. The van der Waals surface area contributed by atoms with Crippen LogP contribution in [0.2, 0.25) is 0 Å². The van der Waals surface area contributed by atoms with Gasteiger partial charge >= 0.3 is 0 Å². The Morgan fingerprint density at radius 2 is 1.75 bits per heavy atom. The third-order valence-electron chi connectivity index (χ3n) is 6.65. The van der Waals surface area contributed by atoms with E-state index in [4.69, 9.17) is 0 Å². The van der Waals surface area contributed by atoms with Crippen LogP contribution < -0.4 is 10.2 Å². The van der Waals surface area contributed by atoms with Gasteiger partial charge in [-0.2, -0.15) is 5.10 Å². The van der Waals surface area contributed by atoms with Crippen LogP contribution in [0.3, 0.4) is 0 Å². The first-order chi connectivity index (χ1) is 17.0. The molecule has 0 aliphatic carbocycles. The number of amides is 1. The summed E-state index contributed by atoms with van der Waals surface area (Å²) in [5.41, 5.74) is 2.79. The minimum absolute atomic E-state index is 0.0670. The number of aromatic nitrogens is 3. The van der Waals surface area contributed by atoms with Crippen molar-refractivity contribution in [2.45, 2.75) is 24.8 Å². The fourth-order valence-corrected chi connectivity index (χ4v) is 5.14. The molecule has 5 rings (SSSR count). The molecule has 8 nitrogen and oxygen atoms in total. The van der Waals surface area contributed by atoms with Gasteiger partial charge in [0.2, 0.25) is 5.91 Å². The number of nitrogens with one attached hydrogen (secondary N) is 1. The number of benzene rings is 2. The van der Waals surface area contributed by atoms with Gasteiger partial charge in [0.15, 0.2) is 15.7 Å². The standard InChI is InChI=1S/C26H26FN5O3S/c1-17(18-4-8-21(27)9-5-18)30-25(33)26(2)14-31(15-26)24-23-12-20(13-32(23)29-16-28-24)19-6-10-22(11-7-19)36(3,34)35/h4-13,16-17H,14-15H2,1-3H3,(H,30,33)/t17-/m0/s1. The van der Waals surface area contributed by atoms with Gasteiger partial charge in [-0.3, -0.25) is 4.79 Å². The van der Waals surface area contributed by atoms with Gasteiger partial charge in [0, 0.05) is 31.1 Å². The van der Waals surface area contributed by atoms with Crippen molar-refractivity contribution >= 4 is 27.1 Å². The van der Waals surface area contributed by atoms with E-state index in [0.29, 0.717) is 13.1 Å². The molecule has 186 valence electrons. The summed E-state index contributed by atoms with van der Waals surface area (Å²) in [7, 11) is -3.27. The first-order valence-corrected chi connectivity index (χ1v) is 13.4. The van der Waals surface area contributed by atoms with Gasteiger partial charge in [-0.25, -0.2) is 22.3 Å². The lowest BCUT2D eigenvalue weighted by Gasteiger charge is -2.47. The molecule has 0 unspecified atom stereocenters. The number of rotatable bonds is 6. The first-order valence-electron chi connectivity index (χ1n) is 11.5. The van der Waals surface area contributed by atoms with Crippen molar-refractivity contribution in [3.8, 4) is 11.1 Å². The topological polar surface area (TPSA) is 96.7 Å². The Morgan fingerprint density at radius 1 is 1.08 bits per heavy atom. The van der Waals surface area contributed by atoms with Crippen LogP contribution in [0.1, 0.15) is 25.5 Å². The maximum Gasteiger partial charge on any atom is 0.230 e. The Kier molecular flexibility index (Phi) is 5.78. The van der Waals surface area contributed by atoms with Crippen molar-refractivity contribution in [1.82, 2.24) is 19.9 Å². The predicted octanol–water partition coefficient (Wildman–Crippen LogP) is 3.64. The van der Waals surface area contributed by atoms with Crippen molar-refractivity contribution in [3.05, 3.63) is 78.5 Å². The number of anilines is 1. The Hall–Kier alpha value is -3.79. The summed E-state index contributed by atoms with van der Waals surface area (Å²) in [4.78, 5) is 19.8. The maximum atomic E-state index is 13.2. The Labute approximate surface area is 208 Å². The summed E-state index contributed by atoms with van der Waals surface area (Å²) >= 11 is 0. The lowest BCUT2D eigenvalue weighted by molar-refractivity contribution is -0.132. The highest BCUT2D eigenvalue weighted by Gasteiger charge is 2.46. The van der Waals surface area contributed by atoms with Gasteiger partial charge < -0.3 is 10.2 Å². The molecule has 1 aliphatic heterocycles. The van der Waals surface area contributed by atoms with Crippen LogP contribution in [0, 0.1) is 11.2 Å². The molecule has 2 aromatic heterocycles. The summed E-state index contributed by atoms with van der Waals surface area (Å²) in [6, 6.07) is 14.6. The van der Waals surface area contributed by atoms with E-state index in [2.05, 4.69) is 15.4 Å². The molecule has 2 aromatic carbocycles. The zero-order chi connectivity index (χ0) is 25.7. The predicted molar refractivity (Wildman–Crippen MR) is 135 cm³/mol. The van der Waals surface area contributed by atoms with E-state index in [9.17, 15) is 17.6 Å². The second kappa shape index (κ2) is 8.70. The largest absolute Gasteiger partial charge is 0.352 e. The van der Waals surface area contributed by atoms with Crippen molar-refractivity contribution in [1.29, 1.82) is 0 Å². The zero-order valence-electron chi connectivity index (χ0n) is 20.1. The lowest BCUT2D eigenvalue weighted by atomic mass is 9.80. The second-order valence-electron chi connectivity index (χ2n) is 9.60. The number of carbonyl (C=O) groups is 1. The number of sulfone groups is 1. The molecule has 1 saturated heterocycles. The number of hydrogen-bond donors (Lipinski definition) is 1. The maximum absolute atomic E-state index is 13.2. The van der Waals surface area contributed by atoms with Gasteiger partial charge in [0.05, 0.1) is 16.4 Å². The second-order valence-corrected chi connectivity index (χ2v) is 11.6.